The molecule has 3 aliphatic carbocycles. The van der Waals surface area contributed by atoms with Crippen LogP contribution in [0.2, 0.25) is 0 Å². The van der Waals surface area contributed by atoms with Gasteiger partial charge in [-0.3, -0.25) is 9.80 Å². The number of nitrogens with zero attached hydrogens (tertiary/aromatic N) is 2. The third kappa shape index (κ3) is 3.60. The fraction of sp³-hybridized carbons (Fsp3) is 0.929. The molecule has 3 saturated carbocycles. The van der Waals surface area contributed by atoms with E-state index in [0.717, 1.165) is 38.8 Å². The number of hydrogen-bond acceptors (Lipinski definition) is 8. The van der Waals surface area contributed by atoms with Gasteiger partial charge in [0.1, 0.15) is 6.23 Å². The van der Waals surface area contributed by atoms with E-state index in [1.54, 1.807) is 0 Å². The Bertz CT molecular complexity index is 953. The summed E-state index contributed by atoms with van der Waals surface area (Å²) in [5, 5.41) is 35.9. The van der Waals surface area contributed by atoms with Gasteiger partial charge in [-0.05, 0) is 56.4 Å². The van der Waals surface area contributed by atoms with Gasteiger partial charge in [0.05, 0.1) is 61.8 Å². The first kappa shape index (κ1) is 26.0. The molecule has 6 fully saturated rings. The molecule has 6 aliphatic rings. The standard InChI is InChI=1S/C28H46N4O5/c1-15-6-7-20-26(2,3)23(31-32-8-10-36-11-9-32)18(29-5)14-28(20)27(15,4)13-17-19(33)12-16-21(22(17)37-28)25(35)30-24(16)34/h15-22,25,29,33,35H,6-14H2,1-5H3,(H,30,34). The summed E-state index contributed by atoms with van der Waals surface area (Å²) in [6.45, 7) is 12.4. The number of amides is 1. The van der Waals surface area contributed by atoms with Crippen molar-refractivity contribution < 1.29 is 24.5 Å². The normalized spacial score (nSPS) is 52.1. The minimum absolute atomic E-state index is 0.0489. The van der Waals surface area contributed by atoms with E-state index in [4.69, 9.17) is 14.6 Å². The lowest BCUT2D eigenvalue weighted by molar-refractivity contribution is -0.325. The van der Waals surface area contributed by atoms with Crippen molar-refractivity contribution in [3.05, 3.63) is 0 Å². The predicted octanol–water partition coefficient (Wildman–Crippen LogP) is 1.33. The fourth-order valence-electron chi connectivity index (χ4n) is 9.52. The van der Waals surface area contributed by atoms with Crippen molar-refractivity contribution in [2.45, 2.75) is 89.9 Å². The van der Waals surface area contributed by atoms with Crippen LogP contribution < -0.4 is 10.6 Å². The van der Waals surface area contributed by atoms with Gasteiger partial charge in [0.2, 0.25) is 5.91 Å². The molecule has 9 nitrogen and oxygen atoms in total. The molecule has 11 unspecified atom stereocenters. The number of rotatable bonds is 2. The Morgan fingerprint density at radius 1 is 1.14 bits per heavy atom. The van der Waals surface area contributed by atoms with E-state index in [1.807, 2.05) is 7.05 Å². The summed E-state index contributed by atoms with van der Waals surface area (Å²) in [4.78, 5) is 12.7. The Morgan fingerprint density at radius 3 is 2.57 bits per heavy atom. The molecule has 0 bridgehead atoms. The molecular formula is C28H46N4O5. The number of morpholine rings is 1. The minimum Gasteiger partial charge on any atom is -0.393 e. The van der Waals surface area contributed by atoms with E-state index in [1.165, 1.54) is 5.71 Å². The van der Waals surface area contributed by atoms with Crippen molar-refractivity contribution in [3.63, 3.8) is 0 Å². The number of hydrazone groups is 1. The van der Waals surface area contributed by atoms with Crippen LogP contribution in [-0.2, 0) is 14.3 Å². The summed E-state index contributed by atoms with van der Waals surface area (Å²) >= 11 is 0. The van der Waals surface area contributed by atoms with E-state index >= 15 is 0 Å². The number of aliphatic hydroxyl groups excluding tert-OH is 2. The monoisotopic (exact) mass is 518 g/mol. The topological polar surface area (TPSA) is 116 Å². The lowest BCUT2D eigenvalue weighted by atomic mass is 9.41. The first-order chi connectivity index (χ1) is 17.5. The molecule has 6 rings (SSSR count). The van der Waals surface area contributed by atoms with Crippen LogP contribution in [0, 0.1) is 40.4 Å². The van der Waals surface area contributed by atoms with Crippen molar-refractivity contribution in [3.8, 4) is 0 Å². The molecule has 4 N–H and O–H groups in total. The van der Waals surface area contributed by atoms with Crippen LogP contribution >= 0.6 is 0 Å². The Labute approximate surface area is 220 Å². The smallest absolute Gasteiger partial charge is 0.225 e. The maximum atomic E-state index is 12.7. The Kier molecular flexibility index (Phi) is 6.24. The van der Waals surface area contributed by atoms with E-state index < -0.39 is 23.9 Å². The van der Waals surface area contributed by atoms with Crippen molar-refractivity contribution >= 4 is 11.6 Å². The highest BCUT2D eigenvalue weighted by atomic mass is 16.5. The Morgan fingerprint density at radius 2 is 1.86 bits per heavy atom. The zero-order valence-electron chi connectivity index (χ0n) is 23.1. The summed E-state index contributed by atoms with van der Waals surface area (Å²) in [7, 11) is 2.02. The van der Waals surface area contributed by atoms with E-state index in [0.29, 0.717) is 25.6 Å². The number of aliphatic hydroxyl groups is 2. The molecule has 9 heteroatoms. The van der Waals surface area contributed by atoms with Crippen LogP contribution in [0.5, 0.6) is 0 Å². The van der Waals surface area contributed by atoms with Gasteiger partial charge in [0.25, 0.3) is 0 Å². The second-order valence-electron chi connectivity index (χ2n) is 13.5. The third-order valence-corrected chi connectivity index (χ3v) is 11.7. The van der Waals surface area contributed by atoms with E-state index in [2.05, 4.69) is 43.3 Å². The average molecular weight is 519 g/mol. The maximum Gasteiger partial charge on any atom is 0.225 e. The highest BCUT2D eigenvalue weighted by molar-refractivity contribution is 5.95. The molecule has 3 heterocycles. The molecule has 1 spiro atoms. The van der Waals surface area contributed by atoms with Crippen molar-refractivity contribution in [1.82, 2.24) is 15.6 Å². The van der Waals surface area contributed by atoms with E-state index in [-0.39, 0.29) is 46.6 Å². The van der Waals surface area contributed by atoms with Crippen LogP contribution in [0.3, 0.4) is 0 Å². The average Bonchev–Trinajstić information content (AvgIpc) is 3.14. The molecule has 37 heavy (non-hydrogen) atoms. The highest BCUT2D eigenvalue weighted by Crippen LogP contribution is 2.68. The lowest BCUT2D eigenvalue weighted by Gasteiger charge is -2.70. The molecule has 208 valence electrons. The van der Waals surface area contributed by atoms with Gasteiger partial charge in [-0.15, -0.1) is 0 Å². The SMILES string of the molecule is CNC1CC23OC4C(CC2(C)C(C)CCC3C(C)(C)C1=NN1CCOCC1)C(O)CC1C(=O)NC(O)C14. The van der Waals surface area contributed by atoms with Crippen LogP contribution in [0.25, 0.3) is 0 Å². The molecular weight excluding hydrogens is 472 g/mol. The van der Waals surface area contributed by atoms with E-state index in [9.17, 15) is 15.0 Å². The van der Waals surface area contributed by atoms with Gasteiger partial charge in [-0.1, -0.05) is 27.7 Å². The summed E-state index contributed by atoms with van der Waals surface area (Å²) < 4.78 is 13.0. The zero-order chi connectivity index (χ0) is 26.3. The Hall–Kier alpha value is -1.26. The third-order valence-electron chi connectivity index (χ3n) is 11.7. The van der Waals surface area contributed by atoms with Crippen LogP contribution in [-0.4, -0.2) is 90.3 Å². The Balaban J connectivity index is 1.43. The summed E-state index contributed by atoms with van der Waals surface area (Å²) in [5.74, 6) is -0.283. The molecule has 0 radical (unpaired) electrons. The van der Waals surface area contributed by atoms with Crippen molar-refractivity contribution in [2.75, 3.05) is 33.4 Å². The van der Waals surface area contributed by atoms with Crippen molar-refractivity contribution in [1.29, 1.82) is 0 Å². The largest absolute Gasteiger partial charge is 0.393 e. The van der Waals surface area contributed by atoms with Gasteiger partial charge < -0.3 is 30.3 Å². The van der Waals surface area contributed by atoms with Gasteiger partial charge in [-0.25, -0.2) is 0 Å². The molecule has 3 saturated heterocycles. The van der Waals surface area contributed by atoms with Gasteiger partial charge >= 0.3 is 0 Å². The maximum absolute atomic E-state index is 12.7. The molecule has 1 amide bonds. The quantitative estimate of drug-likeness (QED) is 0.436. The van der Waals surface area contributed by atoms with Gasteiger partial charge in [-0.2, -0.15) is 5.10 Å². The molecule has 11 atom stereocenters. The number of hydrogen-bond donors (Lipinski definition) is 4. The number of carbonyl (C=O) groups excluding carboxylic acids is 1. The lowest BCUT2D eigenvalue weighted by Crippen LogP contribution is -2.75. The number of carbonyl (C=O) groups is 1. The summed E-state index contributed by atoms with van der Waals surface area (Å²) in [5.41, 5.74) is 0.394. The van der Waals surface area contributed by atoms with Crippen LogP contribution in [0.15, 0.2) is 5.10 Å². The van der Waals surface area contributed by atoms with Gasteiger partial charge in [0, 0.05) is 17.3 Å². The first-order valence-electron chi connectivity index (χ1n) is 14.5. The molecule has 0 aromatic carbocycles. The zero-order valence-corrected chi connectivity index (χ0v) is 23.1. The minimum atomic E-state index is -0.923. The predicted molar refractivity (Wildman–Crippen MR) is 139 cm³/mol. The number of nitrogens with one attached hydrogen (secondary N) is 2. The van der Waals surface area contributed by atoms with Crippen molar-refractivity contribution in [2.24, 2.45) is 45.5 Å². The molecule has 0 aromatic heterocycles. The molecule has 3 aliphatic heterocycles. The second kappa shape index (κ2) is 8.88. The second-order valence-corrected chi connectivity index (χ2v) is 13.5. The number of fused-ring (bicyclic) bond motifs is 3. The molecule has 0 aromatic rings. The fourth-order valence-corrected chi connectivity index (χ4v) is 9.52. The van der Waals surface area contributed by atoms with Crippen LogP contribution in [0.4, 0.5) is 0 Å². The van der Waals surface area contributed by atoms with Gasteiger partial charge in [0.15, 0.2) is 0 Å². The summed E-state index contributed by atoms with van der Waals surface area (Å²) in [6.07, 6.45) is 2.35. The first-order valence-corrected chi connectivity index (χ1v) is 14.5. The van der Waals surface area contributed by atoms with Crippen LogP contribution in [0.1, 0.15) is 59.8 Å². The summed E-state index contributed by atoms with van der Waals surface area (Å²) in [6, 6.07) is 0.0489. The highest BCUT2D eigenvalue weighted by Gasteiger charge is 2.72. The number of ether oxygens (including phenoxy) is 2.